The number of aromatic nitrogens is 2. The van der Waals surface area contributed by atoms with Gasteiger partial charge in [-0.1, -0.05) is 20.8 Å². The molecule has 176 valence electrons. The van der Waals surface area contributed by atoms with E-state index >= 15 is 0 Å². The number of rotatable bonds is 8. The predicted molar refractivity (Wildman–Crippen MR) is 138 cm³/mol. The Balaban J connectivity index is 0.00000480. The third kappa shape index (κ3) is 10.5. The fraction of sp³-hybridized carbons (Fsp3) is 0.727. The van der Waals surface area contributed by atoms with Crippen LogP contribution in [0.5, 0.6) is 0 Å². The summed E-state index contributed by atoms with van der Waals surface area (Å²) in [4.78, 5) is 29.8. The molecule has 2 heterocycles. The number of halogens is 1. The number of hydrogen-bond donors (Lipinski definition) is 2. The molecule has 1 saturated heterocycles. The van der Waals surface area contributed by atoms with Gasteiger partial charge in [0.05, 0.1) is 6.54 Å². The second kappa shape index (κ2) is 13.7. The zero-order valence-corrected chi connectivity index (χ0v) is 22.1. The lowest BCUT2D eigenvalue weighted by Crippen LogP contribution is -2.49. The largest absolute Gasteiger partial charge is 0.357 e. The maximum Gasteiger partial charge on any atom is 0.225 e. The molecule has 0 spiro atoms. The van der Waals surface area contributed by atoms with Crippen molar-refractivity contribution in [3.05, 3.63) is 18.5 Å². The van der Waals surface area contributed by atoms with Crippen LogP contribution in [-0.2, 0) is 4.79 Å². The number of piperazine rings is 1. The molecule has 1 amide bonds. The van der Waals surface area contributed by atoms with Crippen LogP contribution >= 0.6 is 24.0 Å². The number of aliphatic imine (C=N–C) groups is 1. The maximum absolute atomic E-state index is 12.6. The number of guanidine groups is 1. The van der Waals surface area contributed by atoms with Gasteiger partial charge in [-0.25, -0.2) is 9.97 Å². The molecule has 1 aromatic rings. The Morgan fingerprint density at radius 3 is 2.42 bits per heavy atom. The van der Waals surface area contributed by atoms with Gasteiger partial charge in [-0.3, -0.25) is 9.79 Å². The summed E-state index contributed by atoms with van der Waals surface area (Å²) in [6.07, 6.45) is 6.16. The van der Waals surface area contributed by atoms with E-state index in [1.807, 2.05) is 11.0 Å². The van der Waals surface area contributed by atoms with Crippen LogP contribution < -0.4 is 15.5 Å². The molecule has 0 aromatic carbocycles. The van der Waals surface area contributed by atoms with Crippen LogP contribution in [0.4, 0.5) is 5.95 Å². The summed E-state index contributed by atoms with van der Waals surface area (Å²) >= 11 is 0. The number of hydrogen-bond acceptors (Lipinski definition) is 5. The zero-order valence-electron chi connectivity index (χ0n) is 19.7. The summed E-state index contributed by atoms with van der Waals surface area (Å²) in [5.74, 6) is 1.68. The van der Waals surface area contributed by atoms with Gasteiger partial charge >= 0.3 is 0 Å². The smallest absolute Gasteiger partial charge is 0.225 e. The summed E-state index contributed by atoms with van der Waals surface area (Å²) in [5.41, 5.74) is 0.328. The summed E-state index contributed by atoms with van der Waals surface area (Å²) in [6, 6.07) is 2.15. The van der Waals surface area contributed by atoms with Crippen LogP contribution in [0.2, 0.25) is 0 Å². The van der Waals surface area contributed by atoms with Crippen LogP contribution in [0.3, 0.4) is 0 Å². The molecular formula is C22H40IN7O. The first-order chi connectivity index (χ1) is 14.3. The van der Waals surface area contributed by atoms with Gasteiger partial charge in [0, 0.05) is 57.6 Å². The predicted octanol–water partition coefficient (Wildman–Crippen LogP) is 2.90. The Kier molecular flexibility index (Phi) is 12.1. The van der Waals surface area contributed by atoms with Gasteiger partial charge < -0.3 is 20.4 Å². The van der Waals surface area contributed by atoms with Crippen molar-refractivity contribution in [3.8, 4) is 0 Å². The zero-order chi connectivity index (χ0) is 22.0. The highest BCUT2D eigenvalue weighted by molar-refractivity contribution is 14.0. The van der Waals surface area contributed by atoms with Crippen LogP contribution in [-0.4, -0.2) is 72.0 Å². The molecular weight excluding hydrogens is 505 g/mol. The number of anilines is 1. The van der Waals surface area contributed by atoms with E-state index in [-0.39, 0.29) is 29.9 Å². The van der Waals surface area contributed by atoms with Crippen LogP contribution in [0, 0.1) is 5.41 Å². The van der Waals surface area contributed by atoms with Crippen molar-refractivity contribution in [1.82, 2.24) is 25.5 Å². The second-order valence-corrected chi connectivity index (χ2v) is 9.07. The number of carbonyl (C=O) groups excluding carboxylic acids is 1. The van der Waals surface area contributed by atoms with Gasteiger partial charge in [0.2, 0.25) is 11.9 Å². The average molecular weight is 546 g/mol. The van der Waals surface area contributed by atoms with Crippen molar-refractivity contribution < 1.29 is 4.79 Å². The maximum atomic E-state index is 12.6. The molecule has 1 aromatic heterocycles. The number of amides is 1. The molecule has 1 aliphatic heterocycles. The van der Waals surface area contributed by atoms with Crippen molar-refractivity contribution in [3.63, 3.8) is 0 Å². The third-order valence-electron chi connectivity index (χ3n) is 5.12. The monoisotopic (exact) mass is 545 g/mol. The highest BCUT2D eigenvalue weighted by Gasteiger charge is 2.22. The van der Waals surface area contributed by atoms with Crippen molar-refractivity contribution in [2.45, 2.75) is 59.9 Å². The minimum absolute atomic E-state index is 0. The molecule has 1 aliphatic rings. The molecule has 1 unspecified atom stereocenters. The Hall–Kier alpha value is -1.65. The first-order valence-corrected chi connectivity index (χ1v) is 11.1. The van der Waals surface area contributed by atoms with Crippen molar-refractivity contribution in [1.29, 1.82) is 0 Å². The van der Waals surface area contributed by atoms with E-state index in [4.69, 9.17) is 0 Å². The number of nitrogens with one attached hydrogen (secondary N) is 2. The van der Waals surface area contributed by atoms with Crippen LogP contribution in [0.1, 0.15) is 53.9 Å². The van der Waals surface area contributed by atoms with Gasteiger partial charge in [-0.2, -0.15) is 0 Å². The van der Waals surface area contributed by atoms with Crippen LogP contribution in [0.15, 0.2) is 23.5 Å². The van der Waals surface area contributed by atoms with Crippen molar-refractivity contribution in [2.75, 3.05) is 44.2 Å². The topological polar surface area (TPSA) is 85.8 Å². The standard InChI is InChI=1S/C22H39N7O.HI/c1-6-23-20(27-18(2)8-10-22(3,4)5)24-13-9-19(30)28-14-16-29(17-15-28)21-25-11-7-12-26-21;/h7,11-12,18H,6,8-10,13-17H2,1-5H3,(H2,23,24,27);1H. The van der Waals surface area contributed by atoms with Crippen LogP contribution in [0.25, 0.3) is 0 Å². The summed E-state index contributed by atoms with van der Waals surface area (Å²) in [5, 5.41) is 6.74. The van der Waals surface area contributed by atoms with Gasteiger partial charge in [0.25, 0.3) is 0 Å². The number of nitrogens with zero attached hydrogens (tertiary/aromatic N) is 5. The molecule has 0 saturated carbocycles. The molecule has 1 fully saturated rings. The lowest BCUT2D eigenvalue weighted by Gasteiger charge is -2.34. The molecule has 31 heavy (non-hydrogen) atoms. The van der Waals surface area contributed by atoms with E-state index in [9.17, 15) is 4.79 Å². The van der Waals surface area contributed by atoms with Crippen molar-refractivity contribution in [2.24, 2.45) is 10.4 Å². The Morgan fingerprint density at radius 1 is 1.19 bits per heavy atom. The Morgan fingerprint density at radius 2 is 1.84 bits per heavy atom. The summed E-state index contributed by atoms with van der Waals surface area (Å²) in [7, 11) is 0. The molecule has 0 bridgehead atoms. The minimum Gasteiger partial charge on any atom is -0.357 e. The summed E-state index contributed by atoms with van der Waals surface area (Å²) in [6.45, 7) is 15.2. The highest BCUT2D eigenvalue weighted by atomic mass is 127. The lowest BCUT2D eigenvalue weighted by molar-refractivity contribution is -0.131. The Bertz CT molecular complexity index is 670. The first-order valence-electron chi connectivity index (χ1n) is 11.1. The van der Waals surface area contributed by atoms with Gasteiger partial charge in [0.1, 0.15) is 0 Å². The fourth-order valence-corrected chi connectivity index (χ4v) is 3.31. The third-order valence-corrected chi connectivity index (χ3v) is 5.12. The first kappa shape index (κ1) is 27.4. The molecule has 2 N–H and O–H groups in total. The van der Waals surface area contributed by atoms with E-state index in [0.29, 0.717) is 37.5 Å². The summed E-state index contributed by atoms with van der Waals surface area (Å²) < 4.78 is 0. The van der Waals surface area contributed by atoms with Gasteiger partial charge in [-0.15, -0.1) is 24.0 Å². The molecule has 2 rings (SSSR count). The second-order valence-electron chi connectivity index (χ2n) is 9.07. The lowest BCUT2D eigenvalue weighted by atomic mass is 9.89. The van der Waals surface area contributed by atoms with Gasteiger partial charge in [-0.05, 0) is 38.2 Å². The number of carbonyl (C=O) groups is 1. The quantitative estimate of drug-likeness (QED) is 0.297. The molecule has 0 radical (unpaired) electrons. The van der Waals surface area contributed by atoms with E-state index < -0.39 is 0 Å². The van der Waals surface area contributed by atoms with Crippen molar-refractivity contribution >= 4 is 41.8 Å². The Labute approximate surface area is 204 Å². The van der Waals surface area contributed by atoms with Gasteiger partial charge in [0.15, 0.2) is 5.96 Å². The molecule has 8 nitrogen and oxygen atoms in total. The average Bonchev–Trinajstić information content (AvgIpc) is 2.72. The van der Waals surface area contributed by atoms with E-state index in [2.05, 4.69) is 65.1 Å². The fourth-order valence-electron chi connectivity index (χ4n) is 3.31. The minimum atomic E-state index is 0. The SMILES string of the molecule is CCNC(=NCCC(=O)N1CCN(c2ncccn2)CC1)NC(C)CCC(C)(C)C.I. The van der Waals surface area contributed by atoms with E-state index in [1.165, 1.54) is 0 Å². The highest BCUT2D eigenvalue weighted by Crippen LogP contribution is 2.21. The molecule has 9 heteroatoms. The molecule has 0 aliphatic carbocycles. The normalized spacial score (nSPS) is 15.8. The van der Waals surface area contributed by atoms with E-state index in [1.54, 1.807) is 12.4 Å². The van der Waals surface area contributed by atoms with E-state index in [0.717, 1.165) is 44.4 Å². The molecule has 1 atom stereocenters.